The number of ether oxygens (including phenoxy) is 1. The zero-order chi connectivity index (χ0) is 18.9. The smallest absolute Gasteiger partial charge is 0.261 e. The fourth-order valence-corrected chi connectivity index (χ4v) is 5.08. The van der Waals surface area contributed by atoms with Crippen LogP contribution in [-0.2, 0) is 23.3 Å². The number of amides is 1. The molecule has 2 aromatic rings. The van der Waals surface area contributed by atoms with E-state index in [1.807, 2.05) is 13.0 Å². The molecule has 1 amide bonds. The highest BCUT2D eigenvalue weighted by atomic mass is 32.1. The minimum absolute atomic E-state index is 0.0515. The molecule has 0 radical (unpaired) electrons. The van der Waals surface area contributed by atoms with Gasteiger partial charge in [0.25, 0.3) is 5.91 Å². The van der Waals surface area contributed by atoms with E-state index in [1.165, 1.54) is 10.4 Å². The van der Waals surface area contributed by atoms with Gasteiger partial charge in [-0.25, -0.2) is 4.98 Å². The van der Waals surface area contributed by atoms with E-state index >= 15 is 0 Å². The quantitative estimate of drug-likeness (QED) is 0.702. The summed E-state index contributed by atoms with van der Waals surface area (Å²) in [6.45, 7) is 5.40. The van der Waals surface area contributed by atoms with Crippen LogP contribution in [0, 0.1) is 6.92 Å². The first kappa shape index (κ1) is 18.5. The standard InChI is InChI=1S/C18H25N5O3S/c1-12-20-16(22-21-12)11-23-6-3-18(4-7-23)13-10-15(17(25)19-5-8-24)27-14(13)2-9-26-18/h10,24H,2-9,11H2,1H3,(H,19,25)(H,20,21,22). The summed E-state index contributed by atoms with van der Waals surface area (Å²) >= 11 is 1.56. The Morgan fingerprint density at radius 3 is 3.00 bits per heavy atom. The lowest BCUT2D eigenvalue weighted by Crippen LogP contribution is -2.46. The molecule has 3 N–H and O–H groups in total. The number of likely N-dealkylation sites (tertiary alicyclic amines) is 1. The number of piperidine rings is 1. The van der Waals surface area contributed by atoms with Crippen molar-refractivity contribution in [3.63, 3.8) is 0 Å². The summed E-state index contributed by atoms with van der Waals surface area (Å²) in [5, 5.41) is 18.8. The molecule has 8 nitrogen and oxygen atoms in total. The van der Waals surface area contributed by atoms with Gasteiger partial charge in [-0.1, -0.05) is 0 Å². The third-order valence-electron chi connectivity index (χ3n) is 5.30. The first-order valence-corrected chi connectivity index (χ1v) is 10.2. The van der Waals surface area contributed by atoms with Gasteiger partial charge < -0.3 is 15.2 Å². The molecule has 1 spiro atoms. The van der Waals surface area contributed by atoms with Crippen LogP contribution in [0.25, 0.3) is 0 Å². The molecular formula is C18H25N5O3S. The number of nitrogens with zero attached hydrogens (tertiary/aromatic N) is 3. The molecule has 0 aromatic carbocycles. The van der Waals surface area contributed by atoms with Crippen molar-refractivity contribution >= 4 is 17.2 Å². The van der Waals surface area contributed by atoms with Crippen LogP contribution < -0.4 is 5.32 Å². The maximum Gasteiger partial charge on any atom is 0.261 e. The molecule has 0 aliphatic carbocycles. The lowest BCUT2D eigenvalue weighted by molar-refractivity contribution is -0.0983. The monoisotopic (exact) mass is 391 g/mol. The van der Waals surface area contributed by atoms with Gasteiger partial charge in [0.05, 0.1) is 30.2 Å². The van der Waals surface area contributed by atoms with E-state index in [4.69, 9.17) is 9.84 Å². The predicted molar refractivity (Wildman–Crippen MR) is 101 cm³/mol. The van der Waals surface area contributed by atoms with Crippen LogP contribution in [-0.4, -0.2) is 63.9 Å². The molecule has 0 unspecified atom stereocenters. The van der Waals surface area contributed by atoms with E-state index < -0.39 is 0 Å². The van der Waals surface area contributed by atoms with Gasteiger partial charge in [-0.15, -0.1) is 11.3 Å². The number of aliphatic hydroxyl groups is 1. The molecule has 0 atom stereocenters. The number of carbonyl (C=O) groups is 1. The second-order valence-corrected chi connectivity index (χ2v) is 8.27. The maximum absolute atomic E-state index is 12.3. The summed E-state index contributed by atoms with van der Waals surface area (Å²) in [4.78, 5) is 21.0. The highest BCUT2D eigenvalue weighted by molar-refractivity contribution is 7.14. The van der Waals surface area contributed by atoms with Gasteiger partial charge in [0.2, 0.25) is 0 Å². The van der Waals surface area contributed by atoms with E-state index in [0.29, 0.717) is 11.5 Å². The number of thiophene rings is 1. The van der Waals surface area contributed by atoms with Gasteiger partial charge in [0, 0.05) is 30.9 Å². The van der Waals surface area contributed by atoms with Gasteiger partial charge in [0.15, 0.2) is 5.82 Å². The molecule has 1 fully saturated rings. The summed E-state index contributed by atoms with van der Waals surface area (Å²) in [6, 6.07) is 2.00. The van der Waals surface area contributed by atoms with Crippen molar-refractivity contribution in [3.8, 4) is 0 Å². The van der Waals surface area contributed by atoms with Crippen LogP contribution in [0.15, 0.2) is 6.07 Å². The molecule has 4 heterocycles. The Morgan fingerprint density at radius 1 is 1.48 bits per heavy atom. The van der Waals surface area contributed by atoms with Crippen LogP contribution >= 0.6 is 11.3 Å². The van der Waals surface area contributed by atoms with E-state index in [1.54, 1.807) is 11.3 Å². The van der Waals surface area contributed by atoms with Crippen LogP contribution in [0.4, 0.5) is 0 Å². The number of carbonyl (C=O) groups excluding carboxylic acids is 1. The molecule has 146 valence electrons. The lowest BCUT2D eigenvalue weighted by atomic mass is 9.82. The first-order valence-electron chi connectivity index (χ1n) is 9.36. The lowest BCUT2D eigenvalue weighted by Gasteiger charge is -2.43. The number of aromatic nitrogens is 3. The summed E-state index contributed by atoms with van der Waals surface area (Å²) < 4.78 is 6.28. The van der Waals surface area contributed by atoms with E-state index in [9.17, 15) is 4.79 Å². The number of aliphatic hydroxyl groups excluding tert-OH is 1. The maximum atomic E-state index is 12.3. The average molecular weight is 391 g/mol. The van der Waals surface area contributed by atoms with Crippen molar-refractivity contribution in [2.75, 3.05) is 32.8 Å². The van der Waals surface area contributed by atoms with E-state index in [0.717, 1.165) is 50.5 Å². The van der Waals surface area contributed by atoms with Crippen molar-refractivity contribution in [2.45, 2.75) is 38.3 Å². The van der Waals surface area contributed by atoms with Crippen molar-refractivity contribution in [1.82, 2.24) is 25.4 Å². The van der Waals surface area contributed by atoms with Gasteiger partial charge in [-0.2, -0.15) is 5.10 Å². The highest BCUT2D eigenvalue weighted by Crippen LogP contribution is 2.44. The second-order valence-electron chi connectivity index (χ2n) is 7.13. The number of nitrogens with one attached hydrogen (secondary N) is 2. The fourth-order valence-electron chi connectivity index (χ4n) is 3.93. The summed E-state index contributed by atoms with van der Waals surface area (Å²) in [7, 11) is 0. The molecule has 9 heteroatoms. The fraction of sp³-hybridized carbons (Fsp3) is 0.611. The Balaban J connectivity index is 1.46. The van der Waals surface area contributed by atoms with Crippen molar-refractivity contribution in [2.24, 2.45) is 0 Å². The molecule has 2 aromatic heterocycles. The Bertz CT molecular complexity index is 810. The summed E-state index contributed by atoms with van der Waals surface area (Å²) in [5.41, 5.74) is 0.895. The Kier molecular flexibility index (Phi) is 5.27. The van der Waals surface area contributed by atoms with Crippen LogP contribution in [0.1, 0.15) is 44.6 Å². The average Bonchev–Trinajstić information content (AvgIpc) is 3.29. The van der Waals surface area contributed by atoms with Crippen LogP contribution in [0.5, 0.6) is 0 Å². The molecule has 27 heavy (non-hydrogen) atoms. The van der Waals surface area contributed by atoms with Gasteiger partial charge >= 0.3 is 0 Å². The molecule has 4 rings (SSSR count). The SMILES string of the molecule is Cc1nc(CN2CCC3(CC2)OCCc2sc(C(=O)NCCO)cc23)n[nH]1. The number of hydrogen-bond acceptors (Lipinski definition) is 7. The van der Waals surface area contributed by atoms with Crippen molar-refractivity contribution in [1.29, 1.82) is 0 Å². The van der Waals surface area contributed by atoms with Gasteiger partial charge in [0.1, 0.15) is 5.82 Å². The largest absolute Gasteiger partial charge is 0.395 e. The summed E-state index contributed by atoms with van der Waals surface area (Å²) in [5.74, 6) is 1.55. The zero-order valence-corrected chi connectivity index (χ0v) is 16.3. The molecule has 2 aliphatic rings. The highest BCUT2D eigenvalue weighted by Gasteiger charge is 2.42. The normalized spacial score (nSPS) is 19.2. The molecular weight excluding hydrogens is 366 g/mol. The predicted octanol–water partition coefficient (Wildman–Crippen LogP) is 0.961. The number of hydrogen-bond donors (Lipinski definition) is 3. The van der Waals surface area contributed by atoms with Gasteiger partial charge in [-0.05, 0) is 31.4 Å². The van der Waals surface area contributed by atoms with Crippen LogP contribution in [0.2, 0.25) is 0 Å². The first-order chi connectivity index (χ1) is 13.1. The molecule has 0 bridgehead atoms. The van der Waals surface area contributed by atoms with Crippen molar-refractivity contribution in [3.05, 3.63) is 33.0 Å². The topological polar surface area (TPSA) is 103 Å². The third kappa shape index (κ3) is 3.77. The Labute approximate surface area is 161 Å². The van der Waals surface area contributed by atoms with Crippen molar-refractivity contribution < 1.29 is 14.6 Å². The second kappa shape index (κ2) is 7.67. The van der Waals surface area contributed by atoms with Gasteiger partial charge in [-0.3, -0.25) is 14.8 Å². The minimum atomic E-state index is -0.287. The van der Waals surface area contributed by atoms with E-state index in [2.05, 4.69) is 25.4 Å². The van der Waals surface area contributed by atoms with E-state index in [-0.39, 0.29) is 24.7 Å². The zero-order valence-electron chi connectivity index (χ0n) is 15.5. The Hall–Kier alpha value is -1.81. The number of H-pyrrole nitrogens is 1. The molecule has 2 aliphatic heterocycles. The summed E-state index contributed by atoms with van der Waals surface area (Å²) in [6.07, 6.45) is 2.66. The molecule has 1 saturated heterocycles. The number of aryl methyl sites for hydroxylation is 1. The molecule has 0 saturated carbocycles. The third-order valence-corrected chi connectivity index (χ3v) is 6.49. The number of fused-ring (bicyclic) bond motifs is 2. The number of rotatable bonds is 5. The Morgan fingerprint density at radius 2 is 2.30 bits per heavy atom. The minimum Gasteiger partial charge on any atom is -0.395 e. The number of aromatic amines is 1. The van der Waals surface area contributed by atoms with Crippen LogP contribution in [0.3, 0.4) is 0 Å².